The zero-order chi connectivity index (χ0) is 22.9. The molecule has 0 saturated carbocycles. The predicted molar refractivity (Wildman–Crippen MR) is 119 cm³/mol. The number of H-pyrrole nitrogens is 1. The summed E-state index contributed by atoms with van der Waals surface area (Å²) in [4.78, 5) is 42.5. The summed E-state index contributed by atoms with van der Waals surface area (Å²) in [7, 11) is 0. The lowest BCUT2D eigenvalue weighted by molar-refractivity contribution is 0.0946. The number of aromatic amines is 1. The molecule has 3 rings (SSSR count). The van der Waals surface area contributed by atoms with Gasteiger partial charge in [0.1, 0.15) is 18.0 Å². The Morgan fingerprint density at radius 2 is 1.56 bits per heavy atom. The second kappa shape index (κ2) is 10.6. The number of nitrogens with one attached hydrogen (secondary N) is 3. The third-order valence-corrected chi connectivity index (χ3v) is 4.41. The number of aliphatic imine (C=N–C) groups is 1. The molecule has 0 spiro atoms. The molecule has 0 bridgehead atoms. The number of carbonyl (C=O) groups is 3. The standard InChI is InChI=1S/C23H23N5O4/c1-15-7-9-16(10-8-15)13-25-20(29)18-11-12-19(26-18)21(30)27-22(24)28-23(31)32-14-17-5-3-2-4-6-17/h2-12,26H,13-14H2,1H3,(H,25,29)(H3,24,27,28,30,31). The number of amides is 3. The summed E-state index contributed by atoms with van der Waals surface area (Å²) in [6.07, 6.45) is -0.936. The fourth-order valence-corrected chi connectivity index (χ4v) is 2.71. The highest BCUT2D eigenvalue weighted by molar-refractivity contribution is 6.07. The van der Waals surface area contributed by atoms with Crippen LogP contribution in [0.5, 0.6) is 0 Å². The Morgan fingerprint density at radius 3 is 2.25 bits per heavy atom. The van der Waals surface area contributed by atoms with E-state index in [2.05, 4.69) is 20.6 Å². The van der Waals surface area contributed by atoms with Crippen LogP contribution in [0.4, 0.5) is 4.79 Å². The highest BCUT2D eigenvalue weighted by Gasteiger charge is 2.14. The van der Waals surface area contributed by atoms with E-state index in [0.29, 0.717) is 6.54 Å². The minimum absolute atomic E-state index is 0.0298. The minimum atomic E-state index is -0.936. The van der Waals surface area contributed by atoms with Gasteiger partial charge in [-0.15, -0.1) is 4.99 Å². The number of nitrogens with zero attached hydrogens (tertiary/aromatic N) is 1. The fraction of sp³-hybridized carbons (Fsp3) is 0.130. The SMILES string of the molecule is Cc1ccc(CNC(=O)c2ccc(C(=O)NC(N)=NC(=O)OCc3ccccc3)[nH]2)cc1. The zero-order valence-electron chi connectivity index (χ0n) is 17.4. The second-order valence-electron chi connectivity index (χ2n) is 6.95. The molecule has 0 unspecified atom stereocenters. The summed E-state index contributed by atoms with van der Waals surface area (Å²) in [5, 5.41) is 5.04. The van der Waals surface area contributed by atoms with E-state index in [1.54, 1.807) is 12.1 Å². The molecule has 164 valence electrons. The third kappa shape index (κ3) is 6.56. The summed E-state index contributed by atoms with van der Waals surface area (Å²) < 4.78 is 4.97. The van der Waals surface area contributed by atoms with Crippen molar-refractivity contribution in [3.05, 3.63) is 94.8 Å². The molecule has 32 heavy (non-hydrogen) atoms. The van der Waals surface area contributed by atoms with Gasteiger partial charge in [-0.1, -0.05) is 60.2 Å². The number of guanidine groups is 1. The van der Waals surface area contributed by atoms with Crippen molar-refractivity contribution >= 4 is 23.9 Å². The largest absolute Gasteiger partial charge is 0.443 e. The molecule has 1 aromatic heterocycles. The molecule has 3 aromatic rings. The van der Waals surface area contributed by atoms with Crippen molar-refractivity contribution in [1.29, 1.82) is 0 Å². The van der Waals surface area contributed by atoms with Gasteiger partial charge in [0, 0.05) is 6.54 Å². The smallest absolute Gasteiger partial charge is 0.437 e. The number of benzene rings is 2. The average molecular weight is 433 g/mol. The van der Waals surface area contributed by atoms with Crippen LogP contribution in [-0.2, 0) is 17.9 Å². The van der Waals surface area contributed by atoms with E-state index in [0.717, 1.165) is 16.7 Å². The van der Waals surface area contributed by atoms with Crippen LogP contribution in [0.3, 0.4) is 0 Å². The molecule has 5 N–H and O–H groups in total. The van der Waals surface area contributed by atoms with Gasteiger partial charge in [0.05, 0.1) is 0 Å². The van der Waals surface area contributed by atoms with Gasteiger partial charge in [0.25, 0.3) is 11.8 Å². The first-order valence-electron chi connectivity index (χ1n) is 9.79. The maximum Gasteiger partial charge on any atom is 0.437 e. The normalized spacial score (nSPS) is 11.0. The highest BCUT2D eigenvalue weighted by atomic mass is 16.5. The first-order valence-corrected chi connectivity index (χ1v) is 9.79. The summed E-state index contributed by atoms with van der Waals surface area (Å²) in [5.41, 5.74) is 8.77. The van der Waals surface area contributed by atoms with E-state index in [-0.39, 0.29) is 23.9 Å². The van der Waals surface area contributed by atoms with Crippen molar-refractivity contribution in [2.24, 2.45) is 10.7 Å². The summed E-state index contributed by atoms with van der Waals surface area (Å²) in [6, 6.07) is 19.7. The van der Waals surface area contributed by atoms with Gasteiger partial charge < -0.3 is 20.8 Å². The summed E-state index contributed by atoms with van der Waals surface area (Å²) in [6.45, 7) is 2.37. The molecular weight excluding hydrogens is 410 g/mol. The van der Waals surface area contributed by atoms with Crippen LogP contribution in [-0.4, -0.2) is 28.9 Å². The average Bonchev–Trinajstić information content (AvgIpc) is 3.28. The Morgan fingerprint density at radius 1 is 0.906 bits per heavy atom. The van der Waals surface area contributed by atoms with Crippen molar-refractivity contribution in [2.75, 3.05) is 0 Å². The maximum atomic E-state index is 12.3. The molecule has 0 fully saturated rings. The van der Waals surface area contributed by atoms with Crippen LogP contribution in [0.2, 0.25) is 0 Å². The number of hydrogen-bond donors (Lipinski definition) is 4. The van der Waals surface area contributed by atoms with Crippen molar-refractivity contribution in [3.63, 3.8) is 0 Å². The van der Waals surface area contributed by atoms with E-state index in [1.165, 1.54) is 12.1 Å². The first-order chi connectivity index (χ1) is 15.4. The van der Waals surface area contributed by atoms with Gasteiger partial charge in [-0.3, -0.25) is 14.9 Å². The van der Waals surface area contributed by atoms with Crippen LogP contribution in [0, 0.1) is 6.92 Å². The molecule has 3 amide bonds. The van der Waals surface area contributed by atoms with E-state index in [9.17, 15) is 14.4 Å². The fourth-order valence-electron chi connectivity index (χ4n) is 2.71. The van der Waals surface area contributed by atoms with Gasteiger partial charge in [0.15, 0.2) is 0 Å². The van der Waals surface area contributed by atoms with Crippen LogP contribution < -0.4 is 16.4 Å². The number of hydrogen-bond acceptors (Lipinski definition) is 4. The molecule has 0 saturated heterocycles. The Hall–Kier alpha value is -4.40. The number of nitrogens with two attached hydrogens (primary N) is 1. The second-order valence-corrected chi connectivity index (χ2v) is 6.95. The number of ether oxygens (including phenoxy) is 1. The van der Waals surface area contributed by atoms with Crippen LogP contribution >= 0.6 is 0 Å². The molecule has 9 heteroatoms. The zero-order valence-corrected chi connectivity index (χ0v) is 17.4. The predicted octanol–water partition coefficient (Wildman–Crippen LogP) is 2.63. The van der Waals surface area contributed by atoms with Gasteiger partial charge in [-0.2, -0.15) is 0 Å². The molecule has 0 atom stereocenters. The molecule has 2 aromatic carbocycles. The van der Waals surface area contributed by atoms with Gasteiger partial charge in [-0.25, -0.2) is 4.79 Å². The first kappa shape index (κ1) is 22.3. The molecular formula is C23H23N5O4. The van der Waals surface area contributed by atoms with E-state index in [4.69, 9.17) is 10.5 Å². The van der Waals surface area contributed by atoms with Gasteiger partial charge >= 0.3 is 6.09 Å². The van der Waals surface area contributed by atoms with E-state index < -0.39 is 18.0 Å². The lowest BCUT2D eigenvalue weighted by atomic mass is 10.1. The molecule has 0 radical (unpaired) electrons. The Kier molecular flexibility index (Phi) is 7.37. The van der Waals surface area contributed by atoms with Crippen molar-refractivity contribution in [1.82, 2.24) is 15.6 Å². The Balaban J connectivity index is 1.49. The number of rotatable bonds is 6. The number of carbonyl (C=O) groups excluding carboxylic acids is 3. The molecule has 0 aliphatic rings. The van der Waals surface area contributed by atoms with Crippen LogP contribution in [0.15, 0.2) is 71.7 Å². The topological polar surface area (TPSA) is 139 Å². The Bertz CT molecular complexity index is 1120. The summed E-state index contributed by atoms with van der Waals surface area (Å²) in [5.74, 6) is -1.44. The lowest BCUT2D eigenvalue weighted by Gasteiger charge is -2.05. The quantitative estimate of drug-likeness (QED) is 0.350. The van der Waals surface area contributed by atoms with Crippen molar-refractivity contribution in [3.8, 4) is 0 Å². The summed E-state index contributed by atoms with van der Waals surface area (Å²) >= 11 is 0. The van der Waals surface area contributed by atoms with Crippen molar-refractivity contribution < 1.29 is 19.1 Å². The Labute approximate surface area is 184 Å². The number of aryl methyl sites for hydroxylation is 1. The monoisotopic (exact) mass is 433 g/mol. The lowest BCUT2D eigenvalue weighted by Crippen LogP contribution is -2.37. The van der Waals surface area contributed by atoms with E-state index in [1.807, 2.05) is 49.4 Å². The molecule has 1 heterocycles. The highest BCUT2D eigenvalue weighted by Crippen LogP contribution is 2.05. The number of aromatic nitrogens is 1. The maximum absolute atomic E-state index is 12.3. The van der Waals surface area contributed by atoms with Crippen LogP contribution in [0.25, 0.3) is 0 Å². The van der Waals surface area contributed by atoms with Gasteiger partial charge in [0.2, 0.25) is 5.96 Å². The van der Waals surface area contributed by atoms with Crippen molar-refractivity contribution in [2.45, 2.75) is 20.1 Å². The van der Waals surface area contributed by atoms with E-state index >= 15 is 0 Å². The third-order valence-electron chi connectivity index (χ3n) is 4.41. The molecule has 0 aliphatic carbocycles. The van der Waals surface area contributed by atoms with Crippen LogP contribution in [0.1, 0.15) is 37.7 Å². The molecule has 9 nitrogen and oxygen atoms in total. The molecule has 0 aliphatic heterocycles. The minimum Gasteiger partial charge on any atom is -0.443 e. The van der Waals surface area contributed by atoms with Gasteiger partial charge in [-0.05, 0) is 30.2 Å².